The molecular formula is C16H22BrNO. The Morgan fingerprint density at radius 2 is 2.11 bits per heavy atom. The van der Waals surface area contributed by atoms with Gasteiger partial charge in [-0.3, -0.25) is 0 Å². The Morgan fingerprint density at radius 1 is 1.32 bits per heavy atom. The Labute approximate surface area is 123 Å². The first-order valence-electron chi connectivity index (χ1n) is 7.10. The molecule has 2 N–H and O–H groups in total. The van der Waals surface area contributed by atoms with Crippen molar-refractivity contribution in [2.75, 3.05) is 6.61 Å². The summed E-state index contributed by atoms with van der Waals surface area (Å²) in [6.07, 6.45) is 5.38. The first-order valence-corrected chi connectivity index (χ1v) is 7.89. The van der Waals surface area contributed by atoms with E-state index in [0.717, 1.165) is 42.5 Å². The molecule has 2 nitrogen and oxygen atoms in total. The van der Waals surface area contributed by atoms with Crippen molar-refractivity contribution in [3.05, 3.63) is 27.7 Å². The lowest BCUT2D eigenvalue weighted by Gasteiger charge is -2.27. The highest BCUT2D eigenvalue weighted by molar-refractivity contribution is 9.10. The molecule has 0 saturated heterocycles. The van der Waals surface area contributed by atoms with E-state index < -0.39 is 0 Å². The van der Waals surface area contributed by atoms with Crippen LogP contribution >= 0.6 is 15.9 Å². The topological polar surface area (TPSA) is 35.2 Å². The van der Waals surface area contributed by atoms with Gasteiger partial charge in [-0.1, -0.05) is 29.8 Å². The van der Waals surface area contributed by atoms with Gasteiger partial charge in [0, 0.05) is 16.4 Å². The largest absolute Gasteiger partial charge is 0.493 e. The molecule has 0 radical (unpaired) electrons. The fourth-order valence-corrected chi connectivity index (χ4v) is 4.28. The minimum Gasteiger partial charge on any atom is -0.493 e. The van der Waals surface area contributed by atoms with Gasteiger partial charge in [-0.15, -0.1) is 0 Å². The van der Waals surface area contributed by atoms with Gasteiger partial charge in [0.2, 0.25) is 0 Å². The number of rotatable bonds is 2. The molecule has 2 aliphatic rings. The molecule has 1 heterocycles. The molecule has 0 spiro atoms. The Hall–Kier alpha value is -0.540. The molecule has 1 aliphatic carbocycles. The Morgan fingerprint density at radius 3 is 2.79 bits per heavy atom. The molecule has 0 amide bonds. The van der Waals surface area contributed by atoms with Gasteiger partial charge in [0.05, 0.1) is 6.61 Å². The fourth-order valence-electron chi connectivity index (χ4n) is 3.72. The average molecular weight is 324 g/mol. The number of benzene rings is 1. The second kappa shape index (κ2) is 4.49. The molecule has 1 saturated carbocycles. The number of ether oxygens (including phenoxy) is 1. The molecule has 0 aromatic heterocycles. The summed E-state index contributed by atoms with van der Waals surface area (Å²) in [6.45, 7) is 5.45. The maximum Gasteiger partial charge on any atom is 0.125 e. The minimum atomic E-state index is -0.0655. The maximum atomic E-state index is 6.64. The van der Waals surface area contributed by atoms with Gasteiger partial charge in [-0.2, -0.15) is 0 Å². The van der Waals surface area contributed by atoms with Crippen LogP contribution in [-0.2, 0) is 12.8 Å². The number of hydrogen-bond acceptors (Lipinski definition) is 2. The lowest BCUT2D eigenvalue weighted by Crippen LogP contribution is -2.40. The summed E-state index contributed by atoms with van der Waals surface area (Å²) in [7, 11) is 0. The van der Waals surface area contributed by atoms with Crippen LogP contribution < -0.4 is 10.5 Å². The summed E-state index contributed by atoms with van der Waals surface area (Å²) < 4.78 is 6.96. The van der Waals surface area contributed by atoms with Crippen molar-refractivity contribution in [2.45, 2.75) is 51.5 Å². The van der Waals surface area contributed by atoms with Crippen molar-refractivity contribution in [1.29, 1.82) is 0 Å². The van der Waals surface area contributed by atoms with Crippen LogP contribution in [0.2, 0.25) is 0 Å². The molecular weight excluding hydrogens is 302 g/mol. The van der Waals surface area contributed by atoms with Gasteiger partial charge in [-0.25, -0.2) is 0 Å². The van der Waals surface area contributed by atoms with Gasteiger partial charge in [-0.05, 0) is 54.4 Å². The maximum absolute atomic E-state index is 6.64. The van der Waals surface area contributed by atoms with E-state index >= 15 is 0 Å². The predicted molar refractivity (Wildman–Crippen MR) is 81.6 cm³/mol. The molecule has 0 bridgehead atoms. The summed E-state index contributed by atoms with van der Waals surface area (Å²) in [4.78, 5) is 0. The second-order valence-electron chi connectivity index (χ2n) is 7.03. The number of halogens is 1. The van der Waals surface area contributed by atoms with E-state index in [1.54, 1.807) is 0 Å². The third kappa shape index (κ3) is 2.68. The summed E-state index contributed by atoms with van der Waals surface area (Å²) in [5, 5.41) is 0. The van der Waals surface area contributed by atoms with Crippen LogP contribution in [-0.4, -0.2) is 12.1 Å². The van der Waals surface area contributed by atoms with Crippen molar-refractivity contribution < 1.29 is 4.74 Å². The average Bonchev–Trinajstić information content (AvgIpc) is 2.83. The molecule has 3 rings (SSSR count). The zero-order chi connectivity index (χ0) is 13.7. The van der Waals surface area contributed by atoms with E-state index in [1.165, 1.54) is 17.5 Å². The molecule has 19 heavy (non-hydrogen) atoms. The van der Waals surface area contributed by atoms with E-state index in [4.69, 9.17) is 10.5 Å². The molecule has 104 valence electrons. The SMILES string of the molecule is CC1(C)CCC(N)(Cc2cc(Br)cc3c2OCC3)C1. The standard InChI is InChI=1S/C16H22BrNO/c1-15(2)4-5-16(18,10-15)9-12-8-13(17)7-11-3-6-19-14(11)12/h7-8H,3-6,9-10,18H2,1-2H3. The van der Waals surface area contributed by atoms with Crippen LogP contribution in [0.3, 0.4) is 0 Å². The molecule has 1 atom stereocenters. The van der Waals surface area contributed by atoms with Crippen LogP contribution in [0.4, 0.5) is 0 Å². The van der Waals surface area contributed by atoms with Gasteiger partial charge in [0.1, 0.15) is 5.75 Å². The Balaban J connectivity index is 1.88. The van der Waals surface area contributed by atoms with E-state index in [0.29, 0.717) is 5.41 Å². The van der Waals surface area contributed by atoms with Crippen LogP contribution in [0, 0.1) is 5.41 Å². The van der Waals surface area contributed by atoms with Crippen molar-refractivity contribution in [2.24, 2.45) is 11.1 Å². The third-order valence-electron chi connectivity index (χ3n) is 4.50. The van der Waals surface area contributed by atoms with E-state index in [2.05, 4.69) is 41.9 Å². The highest BCUT2D eigenvalue weighted by atomic mass is 79.9. The Bertz CT molecular complexity index is 512. The van der Waals surface area contributed by atoms with E-state index in [-0.39, 0.29) is 5.54 Å². The minimum absolute atomic E-state index is 0.0655. The molecule has 1 aliphatic heterocycles. The third-order valence-corrected chi connectivity index (χ3v) is 4.96. The Kier molecular flexibility index (Phi) is 3.18. The summed E-state index contributed by atoms with van der Waals surface area (Å²) in [5.41, 5.74) is 9.56. The number of hydrogen-bond donors (Lipinski definition) is 1. The zero-order valence-corrected chi connectivity index (χ0v) is 13.3. The lowest BCUT2D eigenvalue weighted by molar-refractivity contribution is 0.325. The van der Waals surface area contributed by atoms with Crippen LogP contribution in [0.5, 0.6) is 5.75 Å². The molecule has 3 heteroatoms. The smallest absolute Gasteiger partial charge is 0.125 e. The van der Waals surface area contributed by atoms with Crippen molar-refractivity contribution in [3.63, 3.8) is 0 Å². The highest BCUT2D eigenvalue weighted by Crippen LogP contribution is 2.45. The van der Waals surface area contributed by atoms with Gasteiger partial charge in [0.15, 0.2) is 0 Å². The van der Waals surface area contributed by atoms with Crippen molar-refractivity contribution in [3.8, 4) is 5.75 Å². The number of nitrogens with two attached hydrogens (primary N) is 1. The molecule has 1 aromatic carbocycles. The van der Waals surface area contributed by atoms with E-state index in [1.807, 2.05) is 0 Å². The summed E-state index contributed by atoms with van der Waals surface area (Å²) in [6, 6.07) is 4.36. The lowest BCUT2D eigenvalue weighted by atomic mass is 9.84. The number of fused-ring (bicyclic) bond motifs is 1. The predicted octanol–water partition coefficient (Wildman–Crippen LogP) is 3.83. The molecule has 1 unspecified atom stereocenters. The summed E-state index contributed by atoms with van der Waals surface area (Å²) >= 11 is 3.61. The molecule has 1 fully saturated rings. The van der Waals surface area contributed by atoms with Crippen LogP contribution in [0.25, 0.3) is 0 Å². The van der Waals surface area contributed by atoms with Crippen LogP contribution in [0.1, 0.15) is 44.2 Å². The van der Waals surface area contributed by atoms with Gasteiger partial charge in [0.25, 0.3) is 0 Å². The fraction of sp³-hybridized carbons (Fsp3) is 0.625. The first kappa shape index (κ1) is 13.4. The van der Waals surface area contributed by atoms with Crippen LogP contribution in [0.15, 0.2) is 16.6 Å². The quantitative estimate of drug-likeness (QED) is 0.897. The highest BCUT2D eigenvalue weighted by Gasteiger charge is 2.41. The zero-order valence-electron chi connectivity index (χ0n) is 11.8. The summed E-state index contributed by atoms with van der Waals surface area (Å²) in [5.74, 6) is 1.10. The van der Waals surface area contributed by atoms with Gasteiger partial charge >= 0.3 is 0 Å². The van der Waals surface area contributed by atoms with Gasteiger partial charge < -0.3 is 10.5 Å². The molecule has 1 aromatic rings. The normalized spacial score (nSPS) is 28.2. The van der Waals surface area contributed by atoms with Crippen molar-refractivity contribution >= 4 is 15.9 Å². The second-order valence-corrected chi connectivity index (χ2v) is 7.95. The van der Waals surface area contributed by atoms with Crippen molar-refractivity contribution in [1.82, 2.24) is 0 Å². The van der Waals surface area contributed by atoms with E-state index in [9.17, 15) is 0 Å². The first-order chi connectivity index (χ1) is 8.87. The monoisotopic (exact) mass is 323 g/mol.